The number of halogens is 2. The zero-order valence-corrected chi connectivity index (χ0v) is 11.1. The van der Waals surface area contributed by atoms with Crippen LogP contribution in [0.4, 0.5) is 0 Å². The van der Waals surface area contributed by atoms with Crippen molar-refractivity contribution in [3.05, 3.63) is 52.6 Å². The van der Waals surface area contributed by atoms with Crippen LogP contribution in [0.25, 0.3) is 11.3 Å². The monoisotopic (exact) mass is 325 g/mol. The van der Waals surface area contributed by atoms with Gasteiger partial charge in [-0.15, -0.1) is 0 Å². The quantitative estimate of drug-likeness (QED) is 0.503. The SMILES string of the molecule is Brc1cccc2c1C[n+]1ccccc1-2.[Br-]. The van der Waals surface area contributed by atoms with Crippen molar-refractivity contribution in [3.8, 4) is 11.3 Å². The van der Waals surface area contributed by atoms with Crippen molar-refractivity contribution in [1.82, 2.24) is 0 Å². The molecule has 0 fully saturated rings. The van der Waals surface area contributed by atoms with Crippen molar-refractivity contribution in [2.75, 3.05) is 0 Å². The number of nitrogens with zero attached hydrogens (tertiary/aromatic N) is 1. The predicted molar refractivity (Wildman–Crippen MR) is 58.9 cm³/mol. The number of benzene rings is 1. The van der Waals surface area contributed by atoms with Crippen LogP contribution >= 0.6 is 15.9 Å². The zero-order chi connectivity index (χ0) is 9.54. The minimum Gasteiger partial charge on any atom is -1.00 e. The average Bonchev–Trinajstić information content (AvgIpc) is 2.59. The maximum Gasteiger partial charge on any atom is 0.213 e. The van der Waals surface area contributed by atoms with E-state index in [9.17, 15) is 0 Å². The highest BCUT2D eigenvalue weighted by Crippen LogP contribution is 2.31. The minimum atomic E-state index is 0. The Morgan fingerprint density at radius 3 is 2.80 bits per heavy atom. The van der Waals surface area contributed by atoms with Gasteiger partial charge in [0.2, 0.25) is 5.69 Å². The van der Waals surface area contributed by atoms with Gasteiger partial charge >= 0.3 is 0 Å². The van der Waals surface area contributed by atoms with Crippen molar-refractivity contribution in [2.45, 2.75) is 6.54 Å². The van der Waals surface area contributed by atoms with Crippen molar-refractivity contribution in [1.29, 1.82) is 0 Å². The van der Waals surface area contributed by atoms with E-state index in [4.69, 9.17) is 0 Å². The summed E-state index contributed by atoms with van der Waals surface area (Å²) in [4.78, 5) is 0. The largest absolute Gasteiger partial charge is 1.00 e. The first kappa shape index (κ1) is 10.8. The molecule has 0 aliphatic carbocycles. The van der Waals surface area contributed by atoms with Gasteiger partial charge in [-0.05, 0) is 18.2 Å². The van der Waals surface area contributed by atoms with Gasteiger partial charge in [0.15, 0.2) is 12.7 Å². The molecule has 0 N–H and O–H groups in total. The van der Waals surface area contributed by atoms with Gasteiger partial charge < -0.3 is 17.0 Å². The molecular weight excluding hydrogens is 318 g/mol. The molecule has 1 aromatic heterocycles. The van der Waals surface area contributed by atoms with Crippen LogP contribution < -0.4 is 21.5 Å². The fourth-order valence-corrected chi connectivity index (χ4v) is 2.48. The van der Waals surface area contributed by atoms with Gasteiger partial charge in [-0.3, -0.25) is 0 Å². The van der Waals surface area contributed by atoms with Gasteiger partial charge in [0, 0.05) is 22.2 Å². The molecule has 0 amide bonds. The van der Waals surface area contributed by atoms with Crippen LogP contribution in [-0.4, -0.2) is 0 Å². The minimum absolute atomic E-state index is 0. The van der Waals surface area contributed by atoms with Gasteiger partial charge in [-0.2, -0.15) is 4.57 Å². The number of rotatable bonds is 0. The lowest BCUT2D eigenvalue weighted by molar-refractivity contribution is -0.672. The van der Waals surface area contributed by atoms with Gasteiger partial charge in [0.25, 0.3) is 0 Å². The number of fused-ring (bicyclic) bond motifs is 3. The second-order valence-corrected chi connectivity index (χ2v) is 4.33. The highest BCUT2D eigenvalue weighted by atomic mass is 79.9. The van der Waals surface area contributed by atoms with E-state index in [-0.39, 0.29) is 17.0 Å². The number of pyridine rings is 1. The molecule has 1 aliphatic heterocycles. The Bertz CT molecular complexity index is 509. The van der Waals surface area contributed by atoms with Gasteiger partial charge in [0.05, 0.1) is 5.56 Å². The molecule has 3 heteroatoms. The summed E-state index contributed by atoms with van der Waals surface area (Å²) < 4.78 is 3.48. The van der Waals surface area contributed by atoms with E-state index in [0.717, 1.165) is 6.54 Å². The normalized spacial score (nSPS) is 11.5. The summed E-state index contributed by atoms with van der Waals surface area (Å²) in [5.41, 5.74) is 4.04. The lowest BCUT2D eigenvalue weighted by atomic mass is 10.1. The van der Waals surface area contributed by atoms with Crippen LogP contribution in [0.2, 0.25) is 0 Å². The maximum absolute atomic E-state index is 3.59. The Hall–Kier alpha value is -0.670. The summed E-state index contributed by atoms with van der Waals surface area (Å²) in [6.45, 7) is 0.979. The van der Waals surface area contributed by atoms with Crippen LogP contribution in [0.3, 0.4) is 0 Å². The number of hydrogen-bond acceptors (Lipinski definition) is 0. The molecule has 0 saturated heterocycles. The first-order valence-electron chi connectivity index (χ1n) is 4.62. The molecule has 2 heterocycles. The molecule has 1 aliphatic rings. The van der Waals surface area contributed by atoms with Crippen LogP contribution in [0.15, 0.2) is 47.1 Å². The topological polar surface area (TPSA) is 3.88 Å². The van der Waals surface area contributed by atoms with E-state index < -0.39 is 0 Å². The molecule has 0 bridgehead atoms. The molecule has 1 nitrogen and oxygen atoms in total. The van der Waals surface area contributed by atoms with E-state index >= 15 is 0 Å². The molecule has 0 radical (unpaired) electrons. The second-order valence-electron chi connectivity index (χ2n) is 3.48. The second kappa shape index (κ2) is 4.06. The van der Waals surface area contributed by atoms with E-state index in [0.29, 0.717) is 0 Å². The van der Waals surface area contributed by atoms with E-state index in [1.54, 1.807) is 0 Å². The van der Waals surface area contributed by atoms with Gasteiger partial charge in [-0.25, -0.2) is 0 Å². The Balaban J connectivity index is 0.000000853. The first-order valence-corrected chi connectivity index (χ1v) is 5.42. The third kappa shape index (κ3) is 1.64. The Morgan fingerprint density at radius 1 is 1.07 bits per heavy atom. The lowest BCUT2D eigenvalue weighted by Gasteiger charge is -1.95. The molecule has 76 valence electrons. The predicted octanol–water partition coefficient (Wildman–Crippen LogP) is -0.231. The number of aromatic nitrogens is 1. The van der Waals surface area contributed by atoms with Crippen LogP contribution in [0.5, 0.6) is 0 Å². The molecule has 0 spiro atoms. The third-order valence-electron chi connectivity index (χ3n) is 2.66. The van der Waals surface area contributed by atoms with Crippen LogP contribution in [-0.2, 0) is 6.54 Å². The molecular formula is C12H9Br2N. The Labute approximate surface area is 108 Å². The van der Waals surface area contributed by atoms with Crippen molar-refractivity contribution >= 4 is 15.9 Å². The smallest absolute Gasteiger partial charge is 0.213 e. The van der Waals surface area contributed by atoms with Gasteiger partial charge in [-0.1, -0.05) is 22.0 Å². The third-order valence-corrected chi connectivity index (χ3v) is 3.41. The summed E-state index contributed by atoms with van der Waals surface area (Å²) >= 11 is 3.59. The van der Waals surface area contributed by atoms with E-state index in [2.05, 4.69) is 63.1 Å². The average molecular weight is 327 g/mol. The summed E-state index contributed by atoms with van der Waals surface area (Å²) in [7, 11) is 0. The lowest BCUT2D eigenvalue weighted by Crippen LogP contribution is -3.00. The van der Waals surface area contributed by atoms with Crippen LogP contribution in [0, 0.1) is 0 Å². The van der Waals surface area contributed by atoms with E-state index in [1.807, 2.05) is 0 Å². The molecule has 0 unspecified atom stereocenters. The van der Waals surface area contributed by atoms with Crippen molar-refractivity contribution < 1.29 is 21.5 Å². The van der Waals surface area contributed by atoms with Gasteiger partial charge in [0.1, 0.15) is 0 Å². The molecule has 1 aromatic carbocycles. The molecule has 15 heavy (non-hydrogen) atoms. The fraction of sp³-hybridized carbons (Fsp3) is 0.0833. The molecule has 0 saturated carbocycles. The molecule has 3 rings (SSSR count). The van der Waals surface area contributed by atoms with Crippen LogP contribution in [0.1, 0.15) is 5.56 Å². The molecule has 2 aromatic rings. The maximum atomic E-state index is 3.59. The summed E-state index contributed by atoms with van der Waals surface area (Å²) in [6, 6.07) is 12.7. The fourth-order valence-electron chi connectivity index (χ4n) is 1.99. The summed E-state index contributed by atoms with van der Waals surface area (Å²) in [6.07, 6.45) is 2.13. The highest BCUT2D eigenvalue weighted by Gasteiger charge is 2.26. The van der Waals surface area contributed by atoms with Crippen molar-refractivity contribution in [3.63, 3.8) is 0 Å². The highest BCUT2D eigenvalue weighted by molar-refractivity contribution is 9.10. The number of hydrogen-bond donors (Lipinski definition) is 0. The summed E-state index contributed by atoms with van der Waals surface area (Å²) in [5, 5.41) is 0. The van der Waals surface area contributed by atoms with Crippen molar-refractivity contribution in [2.24, 2.45) is 0 Å². The zero-order valence-electron chi connectivity index (χ0n) is 7.95. The molecule has 0 atom stereocenters. The standard InChI is InChI=1S/C12H9BrN.BrH/c13-11-5-3-4-9-10(11)8-14-7-2-1-6-12(9)14;/h1-7H,8H2;1H/q+1;/p-1. The Kier molecular flexibility index (Phi) is 2.94. The van der Waals surface area contributed by atoms with E-state index in [1.165, 1.54) is 21.3 Å². The summed E-state index contributed by atoms with van der Waals surface area (Å²) in [5.74, 6) is 0. The Morgan fingerprint density at radius 2 is 1.93 bits per heavy atom. The first-order chi connectivity index (χ1) is 6.86.